The van der Waals surface area contributed by atoms with Crippen LogP contribution in [0.3, 0.4) is 0 Å². The van der Waals surface area contributed by atoms with Crippen molar-refractivity contribution in [3.05, 3.63) is 42.4 Å². The summed E-state index contributed by atoms with van der Waals surface area (Å²) < 4.78 is 11.2. The Balaban J connectivity index is 1.74. The van der Waals surface area contributed by atoms with Crippen LogP contribution in [0, 0.1) is 0 Å². The maximum absolute atomic E-state index is 12.4. The van der Waals surface area contributed by atoms with Crippen LogP contribution < -0.4 is 15.2 Å². The lowest BCUT2D eigenvalue weighted by molar-refractivity contribution is -0.134. The minimum Gasteiger partial charge on any atom is -0.497 e. The molecule has 0 saturated carbocycles. The second-order valence-electron chi connectivity index (χ2n) is 6.67. The number of piperidine rings is 1. The zero-order valence-corrected chi connectivity index (χ0v) is 15.8. The normalized spacial score (nSPS) is 16.5. The monoisotopic (exact) mass is 384 g/mol. The van der Waals surface area contributed by atoms with E-state index >= 15 is 0 Å². The summed E-state index contributed by atoms with van der Waals surface area (Å²) in [4.78, 5) is 33.9. The van der Waals surface area contributed by atoms with Gasteiger partial charge < -0.3 is 20.1 Å². The fourth-order valence-corrected chi connectivity index (χ4v) is 3.29. The van der Waals surface area contributed by atoms with E-state index in [0.717, 1.165) is 18.5 Å². The summed E-state index contributed by atoms with van der Waals surface area (Å²) in [5, 5.41) is 0. The lowest BCUT2D eigenvalue weighted by atomic mass is 9.94. The van der Waals surface area contributed by atoms with Gasteiger partial charge in [-0.15, -0.1) is 0 Å². The molecule has 1 fully saturated rings. The number of hydrogen-bond acceptors (Lipinski definition) is 6. The highest BCUT2D eigenvalue weighted by Crippen LogP contribution is 2.33. The summed E-state index contributed by atoms with van der Waals surface area (Å²) in [7, 11) is 1.60. The topological polar surface area (TPSA) is 108 Å². The molecule has 0 spiro atoms. The molecule has 2 heterocycles. The zero-order chi connectivity index (χ0) is 19.9. The number of rotatable bonds is 7. The van der Waals surface area contributed by atoms with E-state index in [4.69, 9.17) is 15.2 Å². The Bertz CT molecular complexity index is 842. The molecule has 28 heavy (non-hydrogen) atoms. The summed E-state index contributed by atoms with van der Waals surface area (Å²) in [6.07, 6.45) is 5.14. The number of ether oxygens (including phenoxy) is 2. The SMILES string of the molecule is COc1cccc(Oc2nccnc2[C@H]2CCCN(C(=O)CCC(N)=O)C2)c1. The van der Waals surface area contributed by atoms with Gasteiger partial charge in [-0.2, -0.15) is 0 Å². The van der Waals surface area contributed by atoms with Gasteiger partial charge in [-0.1, -0.05) is 6.07 Å². The first-order chi connectivity index (χ1) is 13.6. The molecule has 2 N–H and O–H groups in total. The highest BCUT2D eigenvalue weighted by Gasteiger charge is 2.28. The zero-order valence-electron chi connectivity index (χ0n) is 15.8. The van der Waals surface area contributed by atoms with Gasteiger partial charge in [0, 0.05) is 50.3 Å². The van der Waals surface area contributed by atoms with Crippen LogP contribution in [0.5, 0.6) is 17.4 Å². The van der Waals surface area contributed by atoms with E-state index in [2.05, 4.69) is 9.97 Å². The van der Waals surface area contributed by atoms with E-state index in [9.17, 15) is 9.59 Å². The predicted molar refractivity (Wildman–Crippen MR) is 102 cm³/mol. The van der Waals surface area contributed by atoms with Gasteiger partial charge in [0.25, 0.3) is 0 Å². The Labute approximate surface area is 163 Å². The molecule has 2 aromatic rings. The van der Waals surface area contributed by atoms with Crippen molar-refractivity contribution in [1.29, 1.82) is 0 Å². The number of nitrogens with zero attached hydrogens (tertiary/aromatic N) is 3. The van der Waals surface area contributed by atoms with E-state index in [1.165, 1.54) is 0 Å². The Hall–Kier alpha value is -3.16. The van der Waals surface area contributed by atoms with E-state index in [1.807, 2.05) is 18.2 Å². The van der Waals surface area contributed by atoms with Crippen LogP contribution in [0.2, 0.25) is 0 Å². The van der Waals surface area contributed by atoms with Crippen LogP contribution in [0.25, 0.3) is 0 Å². The standard InChI is InChI=1S/C20H24N4O4/c1-27-15-5-2-6-16(12-15)28-20-19(22-9-10-23-20)14-4-3-11-24(13-14)18(26)8-7-17(21)25/h2,5-6,9-10,12,14H,3-4,7-8,11,13H2,1H3,(H2,21,25)/t14-/m0/s1. The Morgan fingerprint density at radius 1 is 1.21 bits per heavy atom. The van der Waals surface area contributed by atoms with Gasteiger partial charge in [-0.05, 0) is 25.0 Å². The number of methoxy groups -OCH3 is 1. The van der Waals surface area contributed by atoms with Crippen molar-refractivity contribution in [2.75, 3.05) is 20.2 Å². The molecule has 1 aliphatic heterocycles. The molecule has 1 atom stereocenters. The number of carbonyl (C=O) groups excluding carboxylic acids is 2. The lowest BCUT2D eigenvalue weighted by Crippen LogP contribution is -2.39. The van der Waals surface area contributed by atoms with E-state index in [0.29, 0.717) is 30.5 Å². The van der Waals surface area contributed by atoms with Crippen LogP contribution >= 0.6 is 0 Å². The lowest BCUT2D eigenvalue weighted by Gasteiger charge is -2.32. The average Bonchev–Trinajstić information content (AvgIpc) is 2.72. The van der Waals surface area contributed by atoms with Gasteiger partial charge in [0.1, 0.15) is 17.2 Å². The number of primary amides is 1. The van der Waals surface area contributed by atoms with Crippen LogP contribution in [-0.2, 0) is 9.59 Å². The van der Waals surface area contributed by atoms with E-state index < -0.39 is 5.91 Å². The van der Waals surface area contributed by atoms with Crippen molar-refractivity contribution in [3.8, 4) is 17.4 Å². The van der Waals surface area contributed by atoms with Gasteiger partial charge in [-0.3, -0.25) is 14.6 Å². The molecule has 148 valence electrons. The van der Waals surface area contributed by atoms with Crippen LogP contribution in [0.4, 0.5) is 0 Å². The molecule has 1 aromatic carbocycles. The molecule has 0 bridgehead atoms. The summed E-state index contributed by atoms with van der Waals surface area (Å²) in [6.45, 7) is 1.19. The Morgan fingerprint density at radius 3 is 2.79 bits per heavy atom. The first-order valence-corrected chi connectivity index (χ1v) is 9.25. The third kappa shape index (κ3) is 4.97. The van der Waals surface area contributed by atoms with Crippen molar-refractivity contribution < 1.29 is 19.1 Å². The number of carbonyl (C=O) groups is 2. The highest BCUT2D eigenvalue weighted by molar-refractivity contribution is 5.83. The number of likely N-dealkylation sites (tertiary alicyclic amines) is 1. The van der Waals surface area contributed by atoms with Crippen molar-refractivity contribution >= 4 is 11.8 Å². The van der Waals surface area contributed by atoms with Gasteiger partial charge in [0.2, 0.25) is 17.7 Å². The first kappa shape index (κ1) is 19.6. The van der Waals surface area contributed by atoms with E-state index in [-0.39, 0.29) is 24.7 Å². The molecular formula is C20H24N4O4. The molecule has 0 aliphatic carbocycles. The minimum absolute atomic E-state index is 0.0144. The smallest absolute Gasteiger partial charge is 0.241 e. The molecule has 2 amide bonds. The van der Waals surface area contributed by atoms with Crippen LogP contribution in [-0.4, -0.2) is 46.9 Å². The van der Waals surface area contributed by atoms with Crippen molar-refractivity contribution in [2.45, 2.75) is 31.6 Å². The molecule has 3 rings (SSSR count). The molecule has 1 aliphatic rings. The summed E-state index contributed by atoms with van der Waals surface area (Å²) in [6, 6.07) is 7.27. The van der Waals surface area contributed by atoms with Gasteiger partial charge in [-0.25, -0.2) is 4.98 Å². The molecule has 8 heteroatoms. The summed E-state index contributed by atoms with van der Waals surface area (Å²) in [5.74, 6) is 1.19. The number of hydrogen-bond donors (Lipinski definition) is 1. The third-order valence-electron chi connectivity index (χ3n) is 4.69. The van der Waals surface area contributed by atoms with Crippen molar-refractivity contribution in [2.24, 2.45) is 5.73 Å². The molecular weight excluding hydrogens is 360 g/mol. The maximum atomic E-state index is 12.4. The fourth-order valence-electron chi connectivity index (χ4n) is 3.29. The second kappa shape index (κ2) is 9.16. The highest BCUT2D eigenvalue weighted by atomic mass is 16.5. The molecule has 1 aromatic heterocycles. The van der Waals surface area contributed by atoms with E-state index in [1.54, 1.807) is 30.5 Å². The summed E-state index contributed by atoms with van der Waals surface area (Å²) >= 11 is 0. The van der Waals surface area contributed by atoms with Crippen molar-refractivity contribution in [3.63, 3.8) is 0 Å². The van der Waals surface area contributed by atoms with Gasteiger partial charge in [0.15, 0.2) is 0 Å². The van der Waals surface area contributed by atoms with Gasteiger partial charge >= 0.3 is 0 Å². The quantitative estimate of drug-likeness (QED) is 0.784. The second-order valence-corrected chi connectivity index (χ2v) is 6.67. The first-order valence-electron chi connectivity index (χ1n) is 9.25. The number of amides is 2. The maximum Gasteiger partial charge on any atom is 0.241 e. The molecule has 1 saturated heterocycles. The molecule has 8 nitrogen and oxygen atoms in total. The third-order valence-corrected chi connectivity index (χ3v) is 4.69. The number of benzene rings is 1. The van der Waals surface area contributed by atoms with Gasteiger partial charge in [0.05, 0.1) is 7.11 Å². The van der Waals surface area contributed by atoms with Crippen LogP contribution in [0.1, 0.15) is 37.3 Å². The Morgan fingerprint density at radius 2 is 2.00 bits per heavy atom. The molecule has 0 unspecified atom stereocenters. The fraction of sp³-hybridized carbons (Fsp3) is 0.400. The average molecular weight is 384 g/mol. The number of nitrogens with two attached hydrogens (primary N) is 1. The predicted octanol–water partition coefficient (Wildman–Crippen LogP) is 2.25. The summed E-state index contributed by atoms with van der Waals surface area (Å²) in [5.41, 5.74) is 5.87. The molecule has 0 radical (unpaired) electrons. The largest absolute Gasteiger partial charge is 0.497 e. The number of aromatic nitrogens is 2. The van der Waals surface area contributed by atoms with Crippen LogP contribution in [0.15, 0.2) is 36.7 Å². The Kier molecular flexibility index (Phi) is 6.41. The van der Waals surface area contributed by atoms with Crippen molar-refractivity contribution in [1.82, 2.24) is 14.9 Å². The minimum atomic E-state index is -0.468.